The quantitative estimate of drug-likeness (QED) is 0.541. The van der Waals surface area contributed by atoms with E-state index in [0.29, 0.717) is 0 Å². The normalized spacial score (nSPS) is 1.50. The molecule has 0 saturated carbocycles. The van der Waals surface area contributed by atoms with E-state index in [1.807, 2.05) is 0 Å². The molecule has 0 aromatic carbocycles. The van der Waals surface area contributed by atoms with E-state index in [2.05, 4.69) is 6.92 Å². The van der Waals surface area contributed by atoms with Gasteiger partial charge < -0.3 is 0 Å². The van der Waals surface area contributed by atoms with Crippen LogP contribution in [0.2, 0.25) is 0 Å². The predicted octanol–water partition coefficient (Wildman–Crippen LogP) is 0.189. The van der Waals surface area contributed by atoms with Crippen LogP contribution in [0, 0.1) is 6.92 Å². The molecule has 0 spiro atoms. The summed E-state index contributed by atoms with van der Waals surface area (Å²) in [5, 5.41) is 0. The van der Waals surface area contributed by atoms with Crippen LogP contribution in [0.5, 0.6) is 0 Å². The second-order valence-corrected chi connectivity index (χ2v) is 0. The molecule has 1 radical (unpaired) electrons. The molecular weight excluding hydrogens is 248 g/mol. The van der Waals surface area contributed by atoms with Crippen LogP contribution in [0.3, 0.4) is 0 Å². The third kappa shape index (κ3) is 9.05. The van der Waals surface area contributed by atoms with E-state index in [0.717, 1.165) is 0 Å². The fraction of sp³-hybridized carbons (Fsp3) is 0.500. The summed E-state index contributed by atoms with van der Waals surface area (Å²) in [6, 6.07) is 0. The number of rotatable bonds is 0. The summed E-state index contributed by atoms with van der Waals surface area (Å²) in [4.78, 5) is 0. The van der Waals surface area contributed by atoms with Crippen LogP contribution < -0.4 is 0 Å². The van der Waals surface area contributed by atoms with Gasteiger partial charge in [0, 0.05) is 27.7 Å². The fourth-order valence-corrected chi connectivity index (χ4v) is 0. The van der Waals surface area contributed by atoms with Gasteiger partial charge in [-0.05, 0) is 0 Å². The minimum absolute atomic E-state index is 0. The molecule has 0 unspecified atom stereocenters. The van der Waals surface area contributed by atoms with E-state index in [-0.39, 0.29) is 57.2 Å². The van der Waals surface area contributed by atoms with Crippen LogP contribution in [-0.4, -0.2) is 29.6 Å². The van der Waals surface area contributed by atoms with E-state index in [1.165, 1.54) is 0 Å². The van der Waals surface area contributed by atoms with Crippen molar-refractivity contribution in [1.29, 1.82) is 0 Å². The zero-order valence-corrected chi connectivity index (χ0v) is 7.91. The average molecular weight is 254 g/mol. The first-order valence-electron chi connectivity index (χ1n) is 0.707. The molecule has 0 fully saturated rings. The molecule has 0 aliphatic heterocycles. The standard InChI is InChI=1S/C2H5.Hg.Na.H/c1-2;;;/h1H2,2H3;;;. The minimum atomic E-state index is 0. The second kappa shape index (κ2) is 20.4. The van der Waals surface area contributed by atoms with Crippen molar-refractivity contribution in [1.82, 2.24) is 0 Å². The summed E-state index contributed by atoms with van der Waals surface area (Å²) in [7, 11) is 0. The molecule has 0 aliphatic carbocycles. The molecule has 0 bridgehead atoms. The first-order chi connectivity index (χ1) is 1.00. The zero-order chi connectivity index (χ0) is 2.00. The predicted molar refractivity (Wildman–Crippen MR) is 18.2 cm³/mol. The second-order valence-electron chi connectivity index (χ2n) is 0. The molecule has 0 amide bonds. The van der Waals surface area contributed by atoms with Crippen LogP contribution >= 0.6 is 0 Å². The van der Waals surface area contributed by atoms with Gasteiger partial charge >= 0.3 is 29.6 Å². The van der Waals surface area contributed by atoms with Crippen LogP contribution in [0.15, 0.2) is 0 Å². The Kier molecular flexibility index (Phi) is 85.6. The van der Waals surface area contributed by atoms with Crippen molar-refractivity contribution >= 4 is 29.6 Å². The van der Waals surface area contributed by atoms with Crippen LogP contribution in [-0.2, 0) is 27.7 Å². The SMILES string of the molecule is [CH2]C.[Hg].[NaH]. The molecule has 0 aromatic heterocycles. The van der Waals surface area contributed by atoms with Crippen molar-refractivity contribution in [2.75, 3.05) is 0 Å². The molecule has 2 heteroatoms. The molecule has 0 aromatic rings. The maximum absolute atomic E-state index is 3.25. The van der Waals surface area contributed by atoms with Gasteiger partial charge in [-0.25, -0.2) is 0 Å². The molecule has 4 heavy (non-hydrogen) atoms. The van der Waals surface area contributed by atoms with Gasteiger partial charge in [0.15, 0.2) is 0 Å². The van der Waals surface area contributed by atoms with E-state index in [4.69, 9.17) is 0 Å². The Labute approximate surface area is 70.1 Å². The Bertz CT molecular complexity index is 6.00. The first kappa shape index (κ1) is 16.8. The summed E-state index contributed by atoms with van der Waals surface area (Å²) >= 11 is 0. The molecule has 17 valence electrons. The Balaban J connectivity index is -0.00000000500. The fourth-order valence-electron chi connectivity index (χ4n) is 0. The Morgan fingerprint density at radius 1 is 1.25 bits per heavy atom. The third-order valence-electron chi connectivity index (χ3n) is 0. The molecular formula is C2H6HgNa. The van der Waals surface area contributed by atoms with E-state index in [1.54, 1.807) is 6.92 Å². The van der Waals surface area contributed by atoms with Gasteiger partial charge in [-0.1, -0.05) is 13.8 Å². The first-order valence-corrected chi connectivity index (χ1v) is 0.707. The maximum atomic E-state index is 3.25. The number of hydrogen-bond donors (Lipinski definition) is 0. The summed E-state index contributed by atoms with van der Waals surface area (Å²) in [6.07, 6.45) is 0. The molecule has 0 atom stereocenters. The van der Waals surface area contributed by atoms with Crippen molar-refractivity contribution < 1.29 is 27.7 Å². The van der Waals surface area contributed by atoms with Gasteiger partial charge in [0.1, 0.15) is 0 Å². The van der Waals surface area contributed by atoms with Crippen molar-refractivity contribution in [3.63, 3.8) is 0 Å². The molecule has 0 rings (SSSR count). The van der Waals surface area contributed by atoms with Crippen LogP contribution in [0.25, 0.3) is 0 Å². The van der Waals surface area contributed by atoms with Crippen LogP contribution in [0.1, 0.15) is 6.92 Å². The van der Waals surface area contributed by atoms with Crippen molar-refractivity contribution in [2.45, 2.75) is 6.92 Å². The van der Waals surface area contributed by atoms with Crippen molar-refractivity contribution in [3.05, 3.63) is 6.92 Å². The van der Waals surface area contributed by atoms with Crippen LogP contribution in [0.4, 0.5) is 0 Å². The molecule has 0 nitrogen and oxygen atoms in total. The Morgan fingerprint density at radius 3 is 1.25 bits per heavy atom. The summed E-state index contributed by atoms with van der Waals surface area (Å²) in [6.45, 7) is 5.00. The van der Waals surface area contributed by atoms with Gasteiger partial charge in [-0.15, -0.1) is 0 Å². The van der Waals surface area contributed by atoms with Gasteiger partial charge in [0.2, 0.25) is 0 Å². The van der Waals surface area contributed by atoms with Crippen molar-refractivity contribution in [3.8, 4) is 0 Å². The Morgan fingerprint density at radius 2 is 1.25 bits per heavy atom. The molecule has 0 heterocycles. The molecule has 0 N–H and O–H groups in total. The zero-order valence-electron chi connectivity index (χ0n) is 2.41. The summed E-state index contributed by atoms with van der Waals surface area (Å²) in [5.74, 6) is 0. The third-order valence-corrected chi connectivity index (χ3v) is 0. The molecule has 0 aliphatic rings. The van der Waals surface area contributed by atoms with E-state index >= 15 is 0 Å². The monoisotopic (exact) mass is 255 g/mol. The average Bonchev–Trinajstić information content (AvgIpc) is 1.00. The van der Waals surface area contributed by atoms with Gasteiger partial charge in [0.05, 0.1) is 0 Å². The molecule has 0 saturated heterocycles. The Hall–Kier alpha value is 1.94. The van der Waals surface area contributed by atoms with Crippen molar-refractivity contribution in [2.24, 2.45) is 0 Å². The summed E-state index contributed by atoms with van der Waals surface area (Å²) in [5.41, 5.74) is 0. The van der Waals surface area contributed by atoms with E-state index < -0.39 is 0 Å². The summed E-state index contributed by atoms with van der Waals surface area (Å²) < 4.78 is 0. The van der Waals surface area contributed by atoms with Gasteiger partial charge in [0.25, 0.3) is 0 Å². The van der Waals surface area contributed by atoms with Gasteiger partial charge in [-0.3, -0.25) is 0 Å². The number of hydrogen-bond acceptors (Lipinski definition) is 0. The van der Waals surface area contributed by atoms with E-state index in [9.17, 15) is 0 Å². The topological polar surface area (TPSA) is 0 Å². The van der Waals surface area contributed by atoms with Gasteiger partial charge in [-0.2, -0.15) is 0 Å².